The molecule has 0 heterocycles. The third-order valence-corrected chi connectivity index (χ3v) is 3.96. The van der Waals surface area contributed by atoms with Crippen molar-refractivity contribution in [3.63, 3.8) is 0 Å². The molecule has 0 saturated carbocycles. The van der Waals surface area contributed by atoms with Gasteiger partial charge in [-0.15, -0.1) is 0 Å². The van der Waals surface area contributed by atoms with Crippen LogP contribution in [-0.2, 0) is 14.3 Å². The number of carboxylic acids is 1. The van der Waals surface area contributed by atoms with Crippen LogP contribution in [0, 0.1) is 0 Å². The van der Waals surface area contributed by atoms with E-state index < -0.39 is 17.4 Å². The minimum Gasteiger partial charge on any atom is -0.483 e. The molecule has 0 aliphatic carbocycles. The van der Waals surface area contributed by atoms with E-state index in [9.17, 15) is 9.59 Å². The monoisotopic (exact) mass is 365 g/mol. The number of hydrogen-bond acceptors (Lipinski definition) is 4. The maximum Gasteiger partial charge on any atom is 0.305 e. The Balaban J connectivity index is 2.07. The minimum atomic E-state index is -1.02. The number of hydrogen-bond donors (Lipinski definition) is 2. The number of ether oxygens (including phenoxy) is 2. The summed E-state index contributed by atoms with van der Waals surface area (Å²) in [5.74, 6) is -0.925. The van der Waals surface area contributed by atoms with Crippen LogP contribution in [0.3, 0.4) is 0 Å². The van der Waals surface area contributed by atoms with Gasteiger partial charge in [0.25, 0.3) is 5.91 Å². The Labute approximate surface area is 150 Å². The molecule has 0 spiro atoms. The number of rotatable bonds is 8. The average Bonchev–Trinajstić information content (AvgIpc) is 2.53. The van der Waals surface area contributed by atoms with Crippen LogP contribution in [0.1, 0.15) is 13.3 Å². The second-order valence-electron chi connectivity index (χ2n) is 5.99. The molecule has 6 nitrogen and oxygen atoms in total. The van der Waals surface area contributed by atoms with Crippen LogP contribution in [0.2, 0.25) is 5.02 Å². The fourth-order valence-corrected chi connectivity index (χ4v) is 2.89. The van der Waals surface area contributed by atoms with E-state index in [1.165, 1.54) is 7.11 Å². The molecular formula is C18H20ClNO5. The number of carbonyl (C=O) groups is 2. The summed E-state index contributed by atoms with van der Waals surface area (Å²) in [6.45, 7) is 1.44. The number of benzene rings is 2. The van der Waals surface area contributed by atoms with Crippen LogP contribution < -0.4 is 10.1 Å². The van der Waals surface area contributed by atoms with Crippen LogP contribution >= 0.6 is 11.6 Å². The molecule has 0 radical (unpaired) electrons. The molecule has 0 saturated heterocycles. The lowest BCUT2D eigenvalue weighted by Crippen LogP contribution is -2.52. The molecule has 2 N–H and O–H groups in total. The first-order chi connectivity index (χ1) is 11.8. The first kappa shape index (κ1) is 19.0. The minimum absolute atomic E-state index is 0.0783. The average molecular weight is 366 g/mol. The molecule has 0 bridgehead atoms. The quantitative estimate of drug-likeness (QED) is 0.751. The topological polar surface area (TPSA) is 84.9 Å². The second-order valence-corrected chi connectivity index (χ2v) is 6.40. The highest BCUT2D eigenvalue weighted by atomic mass is 35.5. The predicted molar refractivity (Wildman–Crippen MR) is 95.1 cm³/mol. The third-order valence-electron chi connectivity index (χ3n) is 3.64. The summed E-state index contributed by atoms with van der Waals surface area (Å²) in [5, 5.41) is 13.9. The highest BCUT2D eigenvalue weighted by molar-refractivity contribution is 6.35. The van der Waals surface area contributed by atoms with Crippen molar-refractivity contribution in [1.29, 1.82) is 0 Å². The molecule has 2 rings (SSSR count). The van der Waals surface area contributed by atoms with Crippen molar-refractivity contribution in [2.24, 2.45) is 0 Å². The largest absolute Gasteiger partial charge is 0.483 e. The van der Waals surface area contributed by atoms with Gasteiger partial charge in [-0.05, 0) is 19.1 Å². The number of aliphatic carboxylic acids is 1. The Morgan fingerprint density at radius 1 is 1.20 bits per heavy atom. The number of carbonyl (C=O) groups excluding carboxylic acids is 1. The lowest BCUT2D eigenvalue weighted by Gasteiger charge is -2.28. The highest BCUT2D eigenvalue weighted by Crippen LogP contribution is 2.31. The van der Waals surface area contributed by atoms with E-state index in [2.05, 4.69) is 5.32 Å². The molecule has 1 unspecified atom stereocenters. The molecule has 25 heavy (non-hydrogen) atoms. The maximum atomic E-state index is 12.2. The molecule has 7 heteroatoms. The van der Waals surface area contributed by atoms with Crippen molar-refractivity contribution in [3.8, 4) is 5.75 Å². The van der Waals surface area contributed by atoms with E-state index in [-0.39, 0.29) is 19.6 Å². The zero-order valence-electron chi connectivity index (χ0n) is 14.0. The van der Waals surface area contributed by atoms with E-state index in [0.717, 1.165) is 10.8 Å². The SMILES string of the molecule is COCC(C)(CC(=O)O)NC(=O)COc1ccc(Cl)c2ccccc12. The summed E-state index contributed by atoms with van der Waals surface area (Å²) in [4.78, 5) is 23.2. The van der Waals surface area contributed by atoms with Gasteiger partial charge in [0, 0.05) is 22.9 Å². The van der Waals surface area contributed by atoms with E-state index in [1.807, 2.05) is 24.3 Å². The molecule has 2 aromatic carbocycles. The maximum absolute atomic E-state index is 12.2. The zero-order valence-corrected chi connectivity index (χ0v) is 14.8. The fraction of sp³-hybridized carbons (Fsp3) is 0.333. The van der Waals surface area contributed by atoms with Crippen LogP contribution in [-0.4, -0.2) is 42.8 Å². The number of amides is 1. The third kappa shape index (κ3) is 5.08. The van der Waals surface area contributed by atoms with E-state index in [1.54, 1.807) is 19.1 Å². The second kappa shape index (κ2) is 8.18. The number of carboxylic acid groups (broad SMARTS) is 1. The molecular weight excluding hydrogens is 346 g/mol. The molecule has 1 atom stereocenters. The molecule has 1 amide bonds. The highest BCUT2D eigenvalue weighted by Gasteiger charge is 2.29. The van der Waals surface area contributed by atoms with Gasteiger partial charge in [0.15, 0.2) is 6.61 Å². The number of halogens is 1. The summed E-state index contributed by atoms with van der Waals surface area (Å²) in [7, 11) is 1.45. The number of nitrogens with one attached hydrogen (secondary N) is 1. The summed E-state index contributed by atoms with van der Waals surface area (Å²) < 4.78 is 10.6. The summed E-state index contributed by atoms with van der Waals surface area (Å²) in [6, 6.07) is 10.8. The van der Waals surface area contributed by atoms with Crippen LogP contribution in [0.4, 0.5) is 0 Å². The number of fused-ring (bicyclic) bond motifs is 1. The summed E-state index contributed by atoms with van der Waals surface area (Å²) in [5.41, 5.74) is -1.01. The predicted octanol–water partition coefficient (Wildman–Crippen LogP) is 2.87. The van der Waals surface area contributed by atoms with Gasteiger partial charge >= 0.3 is 5.97 Å². The van der Waals surface area contributed by atoms with Gasteiger partial charge < -0.3 is 19.9 Å². The Morgan fingerprint density at radius 2 is 1.88 bits per heavy atom. The molecule has 0 aliphatic rings. The first-order valence-corrected chi connectivity index (χ1v) is 8.04. The van der Waals surface area contributed by atoms with Crippen molar-refractivity contribution >= 4 is 34.2 Å². The van der Waals surface area contributed by atoms with E-state index >= 15 is 0 Å². The van der Waals surface area contributed by atoms with Crippen molar-refractivity contribution in [2.45, 2.75) is 18.9 Å². The summed E-state index contributed by atoms with van der Waals surface area (Å²) >= 11 is 6.16. The van der Waals surface area contributed by atoms with Crippen LogP contribution in [0.5, 0.6) is 5.75 Å². The van der Waals surface area contributed by atoms with Crippen molar-refractivity contribution < 1.29 is 24.2 Å². The van der Waals surface area contributed by atoms with E-state index in [0.29, 0.717) is 10.8 Å². The van der Waals surface area contributed by atoms with Crippen molar-refractivity contribution in [2.75, 3.05) is 20.3 Å². The van der Waals surface area contributed by atoms with Gasteiger partial charge in [-0.3, -0.25) is 9.59 Å². The summed E-state index contributed by atoms with van der Waals surface area (Å²) in [6.07, 6.45) is -0.254. The smallest absolute Gasteiger partial charge is 0.305 e. The van der Waals surface area contributed by atoms with Crippen LogP contribution in [0.25, 0.3) is 10.8 Å². The molecule has 0 aromatic heterocycles. The lowest BCUT2D eigenvalue weighted by atomic mass is 9.99. The molecule has 2 aromatic rings. The van der Waals surface area contributed by atoms with E-state index in [4.69, 9.17) is 26.2 Å². The Kier molecular flexibility index (Phi) is 6.22. The van der Waals surface area contributed by atoms with Gasteiger partial charge in [-0.1, -0.05) is 35.9 Å². The van der Waals surface area contributed by atoms with Gasteiger partial charge in [-0.2, -0.15) is 0 Å². The number of methoxy groups -OCH3 is 1. The first-order valence-electron chi connectivity index (χ1n) is 7.66. The fourth-order valence-electron chi connectivity index (χ4n) is 2.66. The Morgan fingerprint density at radius 3 is 2.52 bits per heavy atom. The van der Waals surface area contributed by atoms with Gasteiger partial charge in [-0.25, -0.2) is 0 Å². The van der Waals surface area contributed by atoms with Crippen molar-refractivity contribution in [1.82, 2.24) is 5.32 Å². The Bertz CT molecular complexity index is 779. The zero-order chi connectivity index (χ0) is 18.4. The molecule has 0 aliphatic heterocycles. The van der Waals surface area contributed by atoms with Gasteiger partial charge in [0.1, 0.15) is 5.75 Å². The standard InChI is InChI=1S/C18H20ClNO5/c1-18(11-24-2,9-17(22)23)20-16(21)10-25-15-8-7-14(19)12-5-3-4-6-13(12)15/h3-8H,9-11H2,1-2H3,(H,20,21)(H,22,23). The van der Waals surface area contributed by atoms with Gasteiger partial charge in [0.2, 0.25) is 0 Å². The van der Waals surface area contributed by atoms with Gasteiger partial charge in [0.05, 0.1) is 18.6 Å². The molecule has 0 fully saturated rings. The Hall–Kier alpha value is -2.31. The lowest BCUT2D eigenvalue weighted by molar-refractivity contribution is -0.139. The molecule has 134 valence electrons. The van der Waals surface area contributed by atoms with Crippen molar-refractivity contribution in [3.05, 3.63) is 41.4 Å². The normalized spacial score (nSPS) is 13.2. The van der Waals surface area contributed by atoms with Crippen LogP contribution in [0.15, 0.2) is 36.4 Å².